The van der Waals surface area contributed by atoms with Gasteiger partial charge in [0.15, 0.2) is 5.96 Å². The predicted octanol–water partition coefficient (Wildman–Crippen LogP) is 3.39. The fraction of sp³-hybridized carbons (Fsp3) is 0.588. The summed E-state index contributed by atoms with van der Waals surface area (Å²) in [4.78, 5) is 7.03. The molecule has 0 amide bonds. The van der Waals surface area contributed by atoms with E-state index in [0.29, 0.717) is 22.5 Å². The number of nitrogens with zero attached hydrogens (tertiary/aromatic N) is 2. The maximum Gasteiger partial charge on any atom is 0.191 e. The molecule has 1 saturated heterocycles. The average molecular weight is 357 g/mol. The molecule has 0 bridgehead atoms. The Kier molecular flexibility index (Phi) is 7.47. The third-order valence-electron chi connectivity index (χ3n) is 4.05. The van der Waals surface area contributed by atoms with Gasteiger partial charge in [-0.1, -0.05) is 29.3 Å². The summed E-state index contributed by atoms with van der Waals surface area (Å²) >= 11 is 12.1. The van der Waals surface area contributed by atoms with Gasteiger partial charge >= 0.3 is 0 Å². The van der Waals surface area contributed by atoms with Gasteiger partial charge < -0.3 is 15.5 Å². The summed E-state index contributed by atoms with van der Waals surface area (Å²) in [6, 6.07) is 5.52. The SMILES string of the molecule is CCNC(=NCc1ccc(Cl)cc1Cl)NCC1CCCN(C)C1. The monoisotopic (exact) mass is 356 g/mol. The summed E-state index contributed by atoms with van der Waals surface area (Å²) in [6.45, 7) is 6.75. The number of aliphatic imine (C=N–C) groups is 1. The van der Waals surface area contributed by atoms with Crippen LogP contribution in [0, 0.1) is 5.92 Å². The molecule has 1 atom stereocenters. The van der Waals surface area contributed by atoms with Crippen molar-refractivity contribution >= 4 is 29.2 Å². The highest BCUT2D eigenvalue weighted by Crippen LogP contribution is 2.21. The lowest BCUT2D eigenvalue weighted by Crippen LogP contribution is -2.43. The average Bonchev–Trinajstić information content (AvgIpc) is 2.51. The van der Waals surface area contributed by atoms with Crippen LogP contribution in [-0.4, -0.2) is 44.1 Å². The molecule has 1 aromatic carbocycles. The number of nitrogens with one attached hydrogen (secondary N) is 2. The molecule has 2 N–H and O–H groups in total. The topological polar surface area (TPSA) is 39.7 Å². The van der Waals surface area contributed by atoms with Gasteiger partial charge in [-0.15, -0.1) is 0 Å². The maximum atomic E-state index is 6.20. The van der Waals surface area contributed by atoms with Crippen LogP contribution in [0.1, 0.15) is 25.3 Å². The molecule has 2 rings (SSSR count). The number of halogens is 2. The third kappa shape index (κ3) is 6.21. The molecule has 4 nitrogen and oxygen atoms in total. The van der Waals surface area contributed by atoms with Gasteiger partial charge in [-0.05, 0) is 57.0 Å². The predicted molar refractivity (Wildman–Crippen MR) is 99.5 cm³/mol. The summed E-state index contributed by atoms with van der Waals surface area (Å²) in [7, 11) is 2.19. The van der Waals surface area contributed by atoms with Crippen LogP contribution >= 0.6 is 23.2 Å². The molecule has 0 radical (unpaired) electrons. The first-order chi connectivity index (χ1) is 11.1. The highest BCUT2D eigenvalue weighted by molar-refractivity contribution is 6.35. The molecule has 1 unspecified atom stereocenters. The van der Waals surface area contributed by atoms with E-state index in [1.165, 1.54) is 19.4 Å². The van der Waals surface area contributed by atoms with Crippen LogP contribution in [0.5, 0.6) is 0 Å². The van der Waals surface area contributed by atoms with Crippen molar-refractivity contribution in [3.05, 3.63) is 33.8 Å². The van der Waals surface area contributed by atoms with Crippen LogP contribution < -0.4 is 10.6 Å². The first kappa shape index (κ1) is 18.4. The van der Waals surface area contributed by atoms with Crippen molar-refractivity contribution in [1.29, 1.82) is 0 Å². The minimum absolute atomic E-state index is 0.538. The molecule has 6 heteroatoms. The van der Waals surface area contributed by atoms with Gasteiger partial charge in [0.05, 0.1) is 6.54 Å². The normalized spacial score (nSPS) is 19.7. The van der Waals surface area contributed by atoms with Gasteiger partial charge in [-0.2, -0.15) is 0 Å². The Hall–Kier alpha value is -0.970. The molecule has 1 heterocycles. The van der Waals surface area contributed by atoms with Crippen molar-refractivity contribution in [2.24, 2.45) is 10.9 Å². The first-order valence-corrected chi connectivity index (χ1v) is 8.98. The van der Waals surface area contributed by atoms with Crippen molar-refractivity contribution in [2.75, 3.05) is 33.2 Å². The number of hydrogen-bond donors (Lipinski definition) is 2. The second-order valence-electron chi connectivity index (χ2n) is 6.08. The summed E-state index contributed by atoms with van der Waals surface area (Å²) < 4.78 is 0. The zero-order valence-electron chi connectivity index (χ0n) is 13.9. The van der Waals surface area contributed by atoms with E-state index in [-0.39, 0.29) is 0 Å². The number of rotatable bonds is 5. The second-order valence-corrected chi connectivity index (χ2v) is 6.93. The highest BCUT2D eigenvalue weighted by atomic mass is 35.5. The van der Waals surface area contributed by atoms with E-state index in [1.807, 2.05) is 12.1 Å². The molecule has 0 saturated carbocycles. The number of benzene rings is 1. The van der Waals surface area contributed by atoms with Crippen molar-refractivity contribution in [3.63, 3.8) is 0 Å². The molecule has 23 heavy (non-hydrogen) atoms. The smallest absolute Gasteiger partial charge is 0.191 e. The van der Waals surface area contributed by atoms with E-state index in [4.69, 9.17) is 23.2 Å². The lowest BCUT2D eigenvalue weighted by atomic mass is 9.99. The molecule has 1 fully saturated rings. The van der Waals surface area contributed by atoms with Crippen LogP contribution in [0.2, 0.25) is 10.0 Å². The number of piperidine rings is 1. The Morgan fingerprint density at radius 2 is 2.17 bits per heavy atom. The van der Waals surface area contributed by atoms with E-state index < -0.39 is 0 Å². The van der Waals surface area contributed by atoms with Crippen LogP contribution in [0.25, 0.3) is 0 Å². The van der Waals surface area contributed by atoms with Crippen molar-refractivity contribution < 1.29 is 0 Å². The van der Waals surface area contributed by atoms with Gasteiger partial charge in [0.1, 0.15) is 0 Å². The zero-order valence-corrected chi connectivity index (χ0v) is 15.4. The Balaban J connectivity index is 1.91. The maximum absolute atomic E-state index is 6.20. The number of guanidine groups is 1. The van der Waals surface area contributed by atoms with Crippen molar-refractivity contribution in [2.45, 2.75) is 26.3 Å². The van der Waals surface area contributed by atoms with E-state index in [2.05, 4.69) is 34.5 Å². The summed E-state index contributed by atoms with van der Waals surface area (Å²) in [5, 5.41) is 8.05. The molecule has 128 valence electrons. The van der Waals surface area contributed by atoms with Crippen molar-refractivity contribution in [3.8, 4) is 0 Å². The Labute approximate surface area is 149 Å². The lowest BCUT2D eigenvalue weighted by Gasteiger charge is -2.30. The number of likely N-dealkylation sites (tertiary alicyclic amines) is 1. The molecule has 0 spiro atoms. The van der Waals surface area contributed by atoms with Crippen LogP contribution in [0.4, 0.5) is 0 Å². The fourth-order valence-electron chi connectivity index (χ4n) is 2.84. The van der Waals surface area contributed by atoms with Crippen LogP contribution in [-0.2, 0) is 6.54 Å². The third-order valence-corrected chi connectivity index (χ3v) is 4.63. The molecular weight excluding hydrogens is 331 g/mol. The van der Waals surface area contributed by atoms with Crippen LogP contribution in [0.15, 0.2) is 23.2 Å². The molecular formula is C17H26Cl2N4. The summed E-state index contributed by atoms with van der Waals surface area (Å²) in [5.74, 6) is 1.52. The highest BCUT2D eigenvalue weighted by Gasteiger charge is 2.17. The molecule has 1 aromatic rings. The van der Waals surface area contributed by atoms with E-state index >= 15 is 0 Å². The van der Waals surface area contributed by atoms with Gasteiger partial charge in [0, 0.05) is 29.7 Å². The van der Waals surface area contributed by atoms with E-state index in [1.54, 1.807) is 6.07 Å². The number of hydrogen-bond acceptors (Lipinski definition) is 2. The van der Waals surface area contributed by atoms with Gasteiger partial charge in [0.2, 0.25) is 0 Å². The van der Waals surface area contributed by atoms with E-state index in [0.717, 1.165) is 31.2 Å². The molecule has 0 aromatic heterocycles. The van der Waals surface area contributed by atoms with Gasteiger partial charge in [0.25, 0.3) is 0 Å². The minimum atomic E-state index is 0.538. The van der Waals surface area contributed by atoms with Gasteiger partial charge in [-0.3, -0.25) is 0 Å². The van der Waals surface area contributed by atoms with Crippen LogP contribution in [0.3, 0.4) is 0 Å². The van der Waals surface area contributed by atoms with E-state index in [9.17, 15) is 0 Å². The molecule has 1 aliphatic rings. The Bertz CT molecular complexity index is 533. The van der Waals surface area contributed by atoms with Gasteiger partial charge in [-0.25, -0.2) is 4.99 Å². The minimum Gasteiger partial charge on any atom is -0.357 e. The first-order valence-electron chi connectivity index (χ1n) is 8.23. The largest absolute Gasteiger partial charge is 0.357 e. The summed E-state index contributed by atoms with van der Waals surface area (Å²) in [6.07, 6.45) is 2.55. The standard InChI is InChI=1S/C17H26Cl2N4/c1-3-20-17(21-10-13-5-4-8-23(2)12-13)22-11-14-6-7-15(18)9-16(14)19/h6-7,9,13H,3-5,8,10-12H2,1-2H3,(H2,20,21,22). The fourth-order valence-corrected chi connectivity index (χ4v) is 3.30. The zero-order chi connectivity index (χ0) is 16.7. The Morgan fingerprint density at radius 3 is 2.87 bits per heavy atom. The molecule has 0 aliphatic carbocycles. The Morgan fingerprint density at radius 1 is 1.35 bits per heavy atom. The quantitative estimate of drug-likeness (QED) is 0.627. The lowest BCUT2D eigenvalue weighted by molar-refractivity contribution is 0.210. The second kappa shape index (κ2) is 9.36. The molecule has 1 aliphatic heterocycles. The van der Waals surface area contributed by atoms with Crippen molar-refractivity contribution in [1.82, 2.24) is 15.5 Å². The summed E-state index contributed by atoms with van der Waals surface area (Å²) in [5.41, 5.74) is 0.977.